The molecule has 0 heterocycles. The van der Waals surface area contributed by atoms with E-state index in [1.54, 1.807) is 7.11 Å². The molecule has 0 aliphatic heterocycles. The molecule has 1 aromatic carbocycles. The second-order valence-electron chi connectivity index (χ2n) is 4.75. The summed E-state index contributed by atoms with van der Waals surface area (Å²) in [5.74, 6) is 0.674. The maximum Gasteiger partial charge on any atom is 0.264 e. The molecule has 0 fully saturated rings. The third-order valence-corrected chi connectivity index (χ3v) is 4.20. The standard InChI is InChI=1S/C13H19NO4S/c1-18-11-4-5-12-10(9-11)3-6-13(12)14-7-2-8-19(15,16)17/h4-5,9,13-14H,2-3,6-8H2,1H3,(H,15,16,17). The Hall–Kier alpha value is -1.11. The molecular weight excluding hydrogens is 266 g/mol. The fourth-order valence-electron chi connectivity index (χ4n) is 2.46. The first-order valence-corrected chi connectivity index (χ1v) is 7.96. The molecule has 5 nitrogen and oxygen atoms in total. The summed E-state index contributed by atoms with van der Waals surface area (Å²) in [5.41, 5.74) is 2.54. The highest BCUT2D eigenvalue weighted by Crippen LogP contribution is 2.33. The highest BCUT2D eigenvalue weighted by atomic mass is 32.2. The van der Waals surface area contributed by atoms with Crippen molar-refractivity contribution in [2.24, 2.45) is 0 Å². The molecule has 6 heteroatoms. The molecule has 1 aliphatic rings. The number of hydrogen-bond acceptors (Lipinski definition) is 4. The van der Waals surface area contributed by atoms with Crippen molar-refractivity contribution in [1.82, 2.24) is 5.32 Å². The van der Waals surface area contributed by atoms with Crippen molar-refractivity contribution in [2.75, 3.05) is 19.4 Å². The molecule has 2 rings (SSSR count). The van der Waals surface area contributed by atoms with Crippen molar-refractivity contribution in [3.63, 3.8) is 0 Å². The van der Waals surface area contributed by atoms with Crippen LogP contribution in [0.5, 0.6) is 5.75 Å². The molecule has 106 valence electrons. The van der Waals surface area contributed by atoms with Gasteiger partial charge in [-0.05, 0) is 49.1 Å². The zero-order chi connectivity index (χ0) is 13.9. The van der Waals surface area contributed by atoms with Crippen molar-refractivity contribution in [2.45, 2.75) is 25.3 Å². The molecule has 0 amide bonds. The summed E-state index contributed by atoms with van der Waals surface area (Å²) in [6.07, 6.45) is 2.43. The van der Waals surface area contributed by atoms with E-state index in [2.05, 4.69) is 17.4 Å². The van der Waals surface area contributed by atoms with Crippen molar-refractivity contribution >= 4 is 10.1 Å². The van der Waals surface area contributed by atoms with Crippen LogP contribution in [0.4, 0.5) is 0 Å². The Labute approximate surface area is 113 Å². The number of methoxy groups -OCH3 is 1. The van der Waals surface area contributed by atoms with Crippen molar-refractivity contribution < 1.29 is 17.7 Å². The Bertz CT molecular complexity index is 542. The molecule has 19 heavy (non-hydrogen) atoms. The van der Waals surface area contributed by atoms with Crippen LogP contribution < -0.4 is 10.1 Å². The van der Waals surface area contributed by atoms with E-state index in [4.69, 9.17) is 9.29 Å². The topological polar surface area (TPSA) is 75.6 Å². The van der Waals surface area contributed by atoms with Gasteiger partial charge in [0.2, 0.25) is 0 Å². The smallest absolute Gasteiger partial charge is 0.264 e. The lowest BCUT2D eigenvalue weighted by Crippen LogP contribution is -2.22. The first-order chi connectivity index (χ1) is 8.99. The van der Waals surface area contributed by atoms with Gasteiger partial charge in [0.05, 0.1) is 12.9 Å². The first-order valence-electron chi connectivity index (χ1n) is 6.35. The van der Waals surface area contributed by atoms with Gasteiger partial charge < -0.3 is 10.1 Å². The lowest BCUT2D eigenvalue weighted by atomic mass is 10.1. The van der Waals surface area contributed by atoms with Gasteiger partial charge in [0.25, 0.3) is 10.1 Å². The van der Waals surface area contributed by atoms with Gasteiger partial charge in [-0.1, -0.05) is 6.07 Å². The van der Waals surface area contributed by atoms with Gasteiger partial charge >= 0.3 is 0 Å². The number of ether oxygens (including phenoxy) is 1. The number of fused-ring (bicyclic) bond motifs is 1. The Morgan fingerprint density at radius 1 is 1.47 bits per heavy atom. The van der Waals surface area contributed by atoms with E-state index >= 15 is 0 Å². The lowest BCUT2D eigenvalue weighted by molar-refractivity contribution is 0.414. The molecule has 0 spiro atoms. The molecule has 1 unspecified atom stereocenters. The molecule has 0 radical (unpaired) electrons. The van der Waals surface area contributed by atoms with E-state index < -0.39 is 10.1 Å². The summed E-state index contributed by atoms with van der Waals surface area (Å²) in [4.78, 5) is 0. The highest BCUT2D eigenvalue weighted by Gasteiger charge is 2.22. The van der Waals surface area contributed by atoms with Crippen LogP contribution in [0.3, 0.4) is 0 Å². The Balaban J connectivity index is 1.88. The van der Waals surface area contributed by atoms with Crippen LogP contribution in [0.2, 0.25) is 0 Å². The van der Waals surface area contributed by atoms with Crippen LogP contribution in [-0.4, -0.2) is 32.4 Å². The minimum absolute atomic E-state index is 0.192. The molecule has 0 aromatic heterocycles. The summed E-state index contributed by atoms with van der Waals surface area (Å²) in [6.45, 7) is 0.579. The summed E-state index contributed by atoms with van der Waals surface area (Å²) in [5, 5.41) is 3.33. The normalized spacial score (nSPS) is 18.3. The van der Waals surface area contributed by atoms with Crippen LogP contribution in [0.25, 0.3) is 0 Å². The third kappa shape index (κ3) is 3.92. The maximum atomic E-state index is 10.6. The first kappa shape index (κ1) is 14.3. The van der Waals surface area contributed by atoms with Crippen LogP contribution in [0, 0.1) is 0 Å². The summed E-state index contributed by atoms with van der Waals surface area (Å²) in [7, 11) is -2.19. The van der Waals surface area contributed by atoms with E-state index in [9.17, 15) is 8.42 Å². The molecular formula is C13H19NO4S. The van der Waals surface area contributed by atoms with Crippen molar-refractivity contribution in [3.8, 4) is 5.75 Å². The van der Waals surface area contributed by atoms with E-state index in [1.807, 2.05) is 6.07 Å². The maximum absolute atomic E-state index is 10.6. The van der Waals surface area contributed by atoms with E-state index in [1.165, 1.54) is 11.1 Å². The van der Waals surface area contributed by atoms with E-state index in [-0.39, 0.29) is 11.8 Å². The van der Waals surface area contributed by atoms with E-state index in [0.29, 0.717) is 13.0 Å². The Morgan fingerprint density at radius 3 is 2.95 bits per heavy atom. The van der Waals surface area contributed by atoms with Gasteiger partial charge in [-0.15, -0.1) is 0 Å². The lowest BCUT2D eigenvalue weighted by Gasteiger charge is -2.14. The minimum atomic E-state index is -3.85. The largest absolute Gasteiger partial charge is 0.497 e. The van der Waals surface area contributed by atoms with E-state index in [0.717, 1.165) is 18.6 Å². The van der Waals surface area contributed by atoms with Gasteiger partial charge in [0, 0.05) is 6.04 Å². The fourth-order valence-corrected chi connectivity index (χ4v) is 2.97. The van der Waals surface area contributed by atoms with Crippen LogP contribution in [0.1, 0.15) is 30.0 Å². The monoisotopic (exact) mass is 285 g/mol. The molecule has 0 saturated carbocycles. The van der Waals surface area contributed by atoms with Gasteiger partial charge in [-0.3, -0.25) is 4.55 Å². The molecule has 0 saturated heterocycles. The molecule has 1 aromatic rings. The number of benzene rings is 1. The number of aryl methyl sites for hydroxylation is 1. The Morgan fingerprint density at radius 2 is 2.26 bits per heavy atom. The van der Waals surface area contributed by atoms with Gasteiger partial charge in [0.15, 0.2) is 0 Å². The average molecular weight is 285 g/mol. The second kappa shape index (κ2) is 5.90. The molecule has 1 aliphatic carbocycles. The SMILES string of the molecule is COc1ccc2c(c1)CCC2NCCCS(=O)(=O)O. The third-order valence-electron chi connectivity index (χ3n) is 3.40. The molecule has 0 bridgehead atoms. The minimum Gasteiger partial charge on any atom is -0.497 e. The quantitative estimate of drug-likeness (QED) is 0.612. The number of rotatable bonds is 6. The number of hydrogen-bond donors (Lipinski definition) is 2. The second-order valence-corrected chi connectivity index (χ2v) is 6.32. The van der Waals surface area contributed by atoms with Gasteiger partial charge in [-0.25, -0.2) is 0 Å². The van der Waals surface area contributed by atoms with Crippen molar-refractivity contribution in [3.05, 3.63) is 29.3 Å². The van der Waals surface area contributed by atoms with Crippen molar-refractivity contribution in [1.29, 1.82) is 0 Å². The highest BCUT2D eigenvalue weighted by molar-refractivity contribution is 7.85. The predicted molar refractivity (Wildman–Crippen MR) is 73.1 cm³/mol. The van der Waals surface area contributed by atoms with Gasteiger partial charge in [0.1, 0.15) is 5.75 Å². The van der Waals surface area contributed by atoms with Crippen LogP contribution in [0.15, 0.2) is 18.2 Å². The summed E-state index contributed by atoms with van der Waals surface area (Å²) in [6, 6.07) is 6.32. The van der Waals surface area contributed by atoms with Gasteiger partial charge in [-0.2, -0.15) is 8.42 Å². The van der Waals surface area contributed by atoms with Crippen LogP contribution >= 0.6 is 0 Å². The predicted octanol–water partition coefficient (Wildman–Crippen LogP) is 1.55. The summed E-state index contributed by atoms with van der Waals surface area (Å²) < 4.78 is 35.1. The molecule has 2 N–H and O–H groups in total. The zero-order valence-electron chi connectivity index (χ0n) is 10.9. The average Bonchev–Trinajstić information content (AvgIpc) is 2.75. The zero-order valence-corrected chi connectivity index (χ0v) is 11.7. The fraction of sp³-hybridized carbons (Fsp3) is 0.538. The Kier molecular flexibility index (Phi) is 4.44. The molecule has 1 atom stereocenters. The van der Waals surface area contributed by atoms with Crippen LogP contribution in [-0.2, 0) is 16.5 Å². The summed E-state index contributed by atoms with van der Waals surface area (Å²) >= 11 is 0. The number of nitrogens with one attached hydrogen (secondary N) is 1.